The summed E-state index contributed by atoms with van der Waals surface area (Å²) in [6.45, 7) is 5.74. The van der Waals surface area contributed by atoms with E-state index in [-0.39, 0.29) is 0 Å². The fourth-order valence-corrected chi connectivity index (χ4v) is 5.37. The number of aryl methyl sites for hydroxylation is 2. The molecule has 164 valence electrons. The van der Waals surface area contributed by atoms with Crippen molar-refractivity contribution in [1.82, 2.24) is 0 Å². The average molecular weight is 468 g/mol. The van der Waals surface area contributed by atoms with Crippen LogP contribution in [0.4, 0.5) is 24.5 Å². The summed E-state index contributed by atoms with van der Waals surface area (Å²) >= 11 is 7.35. The van der Waals surface area contributed by atoms with Crippen LogP contribution in [-0.4, -0.2) is 17.5 Å². The molecule has 2 aromatic carbocycles. The molecular formula is C21H21ClF3N5S. The van der Waals surface area contributed by atoms with Gasteiger partial charge in [0, 0.05) is 11.4 Å². The van der Waals surface area contributed by atoms with E-state index in [1.807, 2.05) is 36.9 Å². The first-order valence-corrected chi connectivity index (χ1v) is 10.7. The predicted octanol–water partition coefficient (Wildman–Crippen LogP) is 5.16. The van der Waals surface area contributed by atoms with Crippen molar-refractivity contribution in [3.05, 3.63) is 68.8 Å². The first-order chi connectivity index (χ1) is 14.5. The number of hydrogen-bond acceptors (Lipinski definition) is 6. The molecule has 0 saturated carbocycles. The lowest BCUT2D eigenvalue weighted by Crippen LogP contribution is -2.53. The van der Waals surface area contributed by atoms with Gasteiger partial charge in [-0.15, -0.1) is 0 Å². The summed E-state index contributed by atoms with van der Waals surface area (Å²) in [5, 5.41) is 0.309. The topological polar surface area (TPSA) is 70.9 Å². The molecular weight excluding hydrogens is 447 g/mol. The molecule has 4 rings (SSSR count). The van der Waals surface area contributed by atoms with Gasteiger partial charge in [0.1, 0.15) is 22.5 Å². The molecule has 0 fully saturated rings. The predicted molar refractivity (Wildman–Crippen MR) is 121 cm³/mol. The molecule has 0 aromatic heterocycles. The molecule has 2 atom stereocenters. The van der Waals surface area contributed by atoms with Gasteiger partial charge in [0.25, 0.3) is 0 Å². The van der Waals surface area contributed by atoms with Gasteiger partial charge in [-0.25, -0.2) is 4.99 Å². The zero-order chi connectivity index (χ0) is 22.7. The Morgan fingerprint density at radius 3 is 2.26 bits per heavy atom. The SMILES string of the molecule is CC1=NC2=C(C(N)N1c1ccc(C(F)(F)F)c(Cl)c1)N(c1c(C)cccc1C)C(N)S2. The Bertz CT molecular complexity index is 1090. The molecule has 2 aliphatic heterocycles. The normalized spacial score (nSPS) is 21.5. The van der Waals surface area contributed by atoms with Crippen molar-refractivity contribution >= 4 is 40.6 Å². The van der Waals surface area contributed by atoms with Gasteiger partial charge >= 0.3 is 6.18 Å². The number of nitrogens with two attached hydrogens (primary N) is 2. The molecule has 0 radical (unpaired) electrons. The van der Waals surface area contributed by atoms with Crippen molar-refractivity contribution in [2.24, 2.45) is 16.5 Å². The molecule has 0 aliphatic carbocycles. The molecule has 31 heavy (non-hydrogen) atoms. The van der Waals surface area contributed by atoms with Gasteiger partial charge < -0.3 is 21.3 Å². The molecule has 0 spiro atoms. The number of thioether (sulfide) groups is 1. The van der Waals surface area contributed by atoms with E-state index in [0.717, 1.165) is 22.9 Å². The zero-order valence-electron chi connectivity index (χ0n) is 17.0. The summed E-state index contributed by atoms with van der Waals surface area (Å²) < 4.78 is 39.4. The Hall–Kier alpha value is -2.20. The molecule has 0 saturated heterocycles. The molecule has 10 heteroatoms. The maximum Gasteiger partial charge on any atom is 0.417 e. The Kier molecular flexibility index (Phi) is 5.49. The van der Waals surface area contributed by atoms with Gasteiger partial charge in [-0.3, -0.25) is 0 Å². The van der Waals surface area contributed by atoms with Gasteiger partial charge in [0.2, 0.25) is 0 Å². The number of anilines is 2. The number of nitrogens with zero attached hydrogens (tertiary/aromatic N) is 3. The summed E-state index contributed by atoms with van der Waals surface area (Å²) in [6.07, 6.45) is -5.24. The highest BCUT2D eigenvalue weighted by Gasteiger charge is 2.42. The summed E-state index contributed by atoms with van der Waals surface area (Å²) in [4.78, 5) is 8.29. The van der Waals surface area contributed by atoms with Crippen LogP contribution in [0.1, 0.15) is 23.6 Å². The van der Waals surface area contributed by atoms with Crippen LogP contribution >= 0.6 is 23.4 Å². The molecule has 2 heterocycles. The molecule has 4 N–H and O–H groups in total. The number of para-hydroxylation sites is 1. The van der Waals surface area contributed by atoms with E-state index < -0.39 is 28.4 Å². The third kappa shape index (κ3) is 3.69. The number of alkyl halides is 3. The van der Waals surface area contributed by atoms with Crippen LogP contribution in [0, 0.1) is 13.8 Å². The highest BCUT2D eigenvalue weighted by Crippen LogP contribution is 2.46. The zero-order valence-corrected chi connectivity index (χ0v) is 18.6. The molecule has 2 aliphatic rings. The van der Waals surface area contributed by atoms with E-state index in [1.165, 1.54) is 23.9 Å². The maximum absolute atomic E-state index is 13.1. The number of rotatable bonds is 2. The first kappa shape index (κ1) is 22.0. The van der Waals surface area contributed by atoms with Crippen LogP contribution < -0.4 is 21.3 Å². The van der Waals surface area contributed by atoms with Crippen LogP contribution in [0.3, 0.4) is 0 Å². The maximum atomic E-state index is 13.1. The van der Waals surface area contributed by atoms with Crippen LogP contribution in [0.5, 0.6) is 0 Å². The van der Waals surface area contributed by atoms with Crippen molar-refractivity contribution < 1.29 is 13.2 Å². The van der Waals surface area contributed by atoms with Crippen LogP contribution in [0.2, 0.25) is 5.02 Å². The summed E-state index contributed by atoms with van der Waals surface area (Å²) in [6, 6.07) is 9.53. The Morgan fingerprint density at radius 1 is 1.03 bits per heavy atom. The van der Waals surface area contributed by atoms with Gasteiger partial charge in [-0.05, 0) is 50.1 Å². The van der Waals surface area contributed by atoms with E-state index in [0.29, 0.717) is 22.2 Å². The Balaban J connectivity index is 1.78. The summed E-state index contributed by atoms with van der Waals surface area (Å²) in [5.41, 5.74) is 15.9. The molecule has 2 aromatic rings. The number of halogens is 4. The first-order valence-electron chi connectivity index (χ1n) is 9.49. The van der Waals surface area contributed by atoms with E-state index >= 15 is 0 Å². The lowest BCUT2D eigenvalue weighted by molar-refractivity contribution is -0.137. The van der Waals surface area contributed by atoms with Crippen molar-refractivity contribution in [3.8, 4) is 0 Å². The number of aliphatic imine (C=N–C) groups is 1. The van der Waals surface area contributed by atoms with E-state index in [1.54, 1.807) is 11.8 Å². The quantitative estimate of drug-likeness (QED) is 0.638. The highest BCUT2D eigenvalue weighted by atomic mass is 35.5. The summed E-state index contributed by atoms with van der Waals surface area (Å²) in [5.74, 6) is 0.546. The number of amidine groups is 1. The van der Waals surface area contributed by atoms with Crippen molar-refractivity contribution in [1.29, 1.82) is 0 Å². The van der Waals surface area contributed by atoms with Crippen LogP contribution in [0.25, 0.3) is 0 Å². The van der Waals surface area contributed by atoms with Crippen molar-refractivity contribution in [2.75, 3.05) is 9.80 Å². The third-order valence-electron chi connectivity index (χ3n) is 5.35. The van der Waals surface area contributed by atoms with Gasteiger partial charge in [0.15, 0.2) is 0 Å². The van der Waals surface area contributed by atoms with Gasteiger partial charge in [-0.1, -0.05) is 41.6 Å². The van der Waals surface area contributed by atoms with E-state index in [4.69, 9.17) is 23.1 Å². The van der Waals surface area contributed by atoms with E-state index in [2.05, 4.69) is 4.99 Å². The molecule has 0 amide bonds. The minimum Gasteiger partial charge on any atom is -0.314 e. The second kappa shape index (κ2) is 7.74. The highest BCUT2D eigenvalue weighted by molar-refractivity contribution is 8.04. The largest absolute Gasteiger partial charge is 0.417 e. The summed E-state index contributed by atoms with van der Waals surface area (Å²) in [7, 11) is 0. The van der Waals surface area contributed by atoms with Gasteiger partial charge in [-0.2, -0.15) is 13.2 Å². The second-order valence-electron chi connectivity index (χ2n) is 7.44. The third-order valence-corrected chi connectivity index (χ3v) is 6.64. The fourth-order valence-electron chi connectivity index (χ4n) is 4.01. The number of benzene rings is 2. The lowest BCUT2D eigenvalue weighted by atomic mass is 10.1. The molecule has 2 unspecified atom stereocenters. The minimum absolute atomic E-state index is 0.395. The van der Waals surface area contributed by atoms with Crippen molar-refractivity contribution in [2.45, 2.75) is 38.6 Å². The Morgan fingerprint density at radius 2 is 1.68 bits per heavy atom. The average Bonchev–Trinajstić information content (AvgIpc) is 2.96. The Labute approximate surface area is 187 Å². The molecule has 0 bridgehead atoms. The van der Waals surface area contributed by atoms with Crippen LogP contribution in [0.15, 0.2) is 52.1 Å². The van der Waals surface area contributed by atoms with Crippen LogP contribution in [-0.2, 0) is 6.18 Å². The standard InChI is InChI=1S/C21H21ClF3N5S/c1-10-5-4-6-11(2)16(10)30-17-18(26)29(12(3)28-19(17)31-20(30)27)13-7-8-14(15(22)9-13)21(23,24)25/h4-9,18,20H,26-27H2,1-3H3. The smallest absolute Gasteiger partial charge is 0.314 e. The molecule has 5 nitrogen and oxygen atoms in total. The lowest BCUT2D eigenvalue weighted by Gasteiger charge is -2.39. The van der Waals surface area contributed by atoms with Gasteiger partial charge in [0.05, 0.1) is 16.3 Å². The van der Waals surface area contributed by atoms with Crippen molar-refractivity contribution in [3.63, 3.8) is 0 Å². The van der Waals surface area contributed by atoms with E-state index in [9.17, 15) is 13.2 Å². The number of hydrogen-bond donors (Lipinski definition) is 2. The monoisotopic (exact) mass is 467 g/mol. The fraction of sp³-hybridized carbons (Fsp3) is 0.286. The second-order valence-corrected chi connectivity index (χ2v) is 8.96. The minimum atomic E-state index is -4.54.